The molecule has 2 aliphatic heterocycles. The lowest BCUT2D eigenvalue weighted by molar-refractivity contribution is 0.0573. The monoisotopic (exact) mass is 245 g/mol. The van der Waals surface area contributed by atoms with Gasteiger partial charge in [-0.05, 0) is 30.7 Å². The summed E-state index contributed by atoms with van der Waals surface area (Å²) in [5.74, 6) is 0.430. The number of rotatable bonds is 1. The van der Waals surface area contributed by atoms with Gasteiger partial charge in [0.1, 0.15) is 5.75 Å². The van der Waals surface area contributed by atoms with Crippen LogP contribution in [0.25, 0.3) is 6.08 Å². The average molecular weight is 245 g/mol. The minimum atomic E-state index is -0.325. The zero-order valence-electron chi connectivity index (χ0n) is 10.4. The number of carbonyl (C=O) groups is 1. The van der Waals surface area contributed by atoms with Crippen molar-refractivity contribution in [2.24, 2.45) is 0 Å². The van der Waals surface area contributed by atoms with Gasteiger partial charge in [0.25, 0.3) is 0 Å². The molecule has 3 rings (SSSR count). The van der Waals surface area contributed by atoms with E-state index in [1.54, 1.807) is 6.07 Å². The van der Waals surface area contributed by atoms with Crippen molar-refractivity contribution in [3.8, 4) is 5.75 Å². The molecule has 0 bridgehead atoms. The Morgan fingerprint density at radius 3 is 2.83 bits per heavy atom. The molecule has 4 heteroatoms. The molecule has 18 heavy (non-hydrogen) atoms. The molecule has 2 aliphatic rings. The van der Waals surface area contributed by atoms with E-state index in [0.717, 1.165) is 30.0 Å². The molecule has 94 valence electrons. The van der Waals surface area contributed by atoms with Gasteiger partial charge in [0.2, 0.25) is 0 Å². The number of aryl methyl sites for hydroxylation is 1. The summed E-state index contributed by atoms with van der Waals surface area (Å²) in [6.45, 7) is 3.52. The van der Waals surface area contributed by atoms with Gasteiger partial charge < -0.3 is 14.8 Å². The van der Waals surface area contributed by atoms with Crippen LogP contribution in [0.4, 0.5) is 0 Å². The molecule has 1 aromatic rings. The van der Waals surface area contributed by atoms with E-state index >= 15 is 0 Å². The van der Waals surface area contributed by atoms with Crippen LogP contribution in [0, 0.1) is 6.92 Å². The van der Waals surface area contributed by atoms with Gasteiger partial charge in [-0.15, -0.1) is 0 Å². The minimum absolute atomic E-state index is 0.227. The van der Waals surface area contributed by atoms with Crippen LogP contribution in [0.5, 0.6) is 5.75 Å². The third-order valence-electron chi connectivity index (χ3n) is 3.49. The molecule has 1 saturated heterocycles. The Hall–Kier alpha value is -1.81. The summed E-state index contributed by atoms with van der Waals surface area (Å²) in [7, 11) is 1.39. The Morgan fingerprint density at radius 1 is 1.44 bits per heavy atom. The molecule has 0 unspecified atom stereocenters. The predicted molar refractivity (Wildman–Crippen MR) is 67.8 cm³/mol. The maximum Gasteiger partial charge on any atom is 0.338 e. The fourth-order valence-electron chi connectivity index (χ4n) is 2.31. The third kappa shape index (κ3) is 1.61. The molecule has 4 nitrogen and oxygen atoms in total. The van der Waals surface area contributed by atoms with Crippen molar-refractivity contribution >= 4 is 12.0 Å². The van der Waals surface area contributed by atoms with Crippen LogP contribution in [0.1, 0.15) is 21.5 Å². The number of nitrogens with one attached hydrogen (secondary N) is 1. The van der Waals surface area contributed by atoms with E-state index in [9.17, 15) is 4.79 Å². The van der Waals surface area contributed by atoms with Crippen LogP contribution >= 0.6 is 0 Å². The van der Waals surface area contributed by atoms with Crippen molar-refractivity contribution in [3.05, 3.63) is 34.9 Å². The number of hydrogen-bond donors (Lipinski definition) is 1. The van der Waals surface area contributed by atoms with Gasteiger partial charge in [0.05, 0.1) is 12.7 Å². The van der Waals surface area contributed by atoms with Crippen molar-refractivity contribution in [1.29, 1.82) is 0 Å². The molecule has 2 heterocycles. The maximum absolute atomic E-state index is 11.7. The number of hydrogen-bond acceptors (Lipinski definition) is 4. The fourth-order valence-corrected chi connectivity index (χ4v) is 2.31. The Kier molecular flexibility index (Phi) is 2.41. The summed E-state index contributed by atoms with van der Waals surface area (Å²) >= 11 is 0. The van der Waals surface area contributed by atoms with Crippen molar-refractivity contribution in [1.82, 2.24) is 5.32 Å². The molecule has 0 saturated carbocycles. The number of benzene rings is 1. The van der Waals surface area contributed by atoms with E-state index in [1.807, 2.05) is 13.0 Å². The summed E-state index contributed by atoms with van der Waals surface area (Å²) in [6, 6.07) is 3.73. The van der Waals surface area contributed by atoms with Gasteiger partial charge >= 0.3 is 5.97 Å². The van der Waals surface area contributed by atoms with Crippen LogP contribution < -0.4 is 10.1 Å². The lowest BCUT2D eigenvalue weighted by atomic mass is 9.91. The van der Waals surface area contributed by atoms with Gasteiger partial charge in [-0.25, -0.2) is 4.79 Å². The van der Waals surface area contributed by atoms with Crippen LogP contribution in [0.3, 0.4) is 0 Å². The van der Waals surface area contributed by atoms with Crippen LogP contribution in [-0.4, -0.2) is 31.8 Å². The number of carbonyl (C=O) groups excluding carboxylic acids is 1. The maximum atomic E-state index is 11.7. The first-order valence-electron chi connectivity index (χ1n) is 5.95. The summed E-state index contributed by atoms with van der Waals surface area (Å²) in [5.41, 5.74) is 2.25. The molecule has 0 amide bonds. The standard InChI is InChI=1S/C14H15NO3/c1-9-5-10-3-4-14(7-15-8-14)18-12(10)6-11(9)13(16)17-2/h3-6,15H,7-8H2,1-2H3. The first-order valence-corrected chi connectivity index (χ1v) is 5.95. The Balaban J connectivity index is 2.02. The predicted octanol–water partition coefficient (Wildman–Crippen LogP) is 1.53. The van der Waals surface area contributed by atoms with Crippen LogP contribution in [0.15, 0.2) is 18.2 Å². The first kappa shape index (κ1) is 11.3. The third-order valence-corrected chi connectivity index (χ3v) is 3.49. The normalized spacial score (nSPS) is 18.8. The topological polar surface area (TPSA) is 47.6 Å². The van der Waals surface area contributed by atoms with E-state index in [-0.39, 0.29) is 11.6 Å². The molecule has 0 aliphatic carbocycles. The number of fused-ring (bicyclic) bond motifs is 1. The lowest BCUT2D eigenvalue weighted by Gasteiger charge is -2.42. The second-order valence-electron chi connectivity index (χ2n) is 4.80. The Bertz CT molecular complexity index is 544. The molecular formula is C14H15NO3. The molecule has 1 spiro atoms. The molecule has 0 radical (unpaired) electrons. The average Bonchev–Trinajstić information content (AvgIpc) is 2.34. The highest BCUT2D eigenvalue weighted by molar-refractivity contribution is 5.92. The second kappa shape index (κ2) is 3.85. The van der Waals surface area contributed by atoms with Crippen LogP contribution in [-0.2, 0) is 4.74 Å². The quantitative estimate of drug-likeness (QED) is 0.762. The highest BCUT2D eigenvalue weighted by Gasteiger charge is 2.39. The van der Waals surface area contributed by atoms with E-state index in [1.165, 1.54) is 7.11 Å². The molecule has 0 aromatic heterocycles. The smallest absolute Gasteiger partial charge is 0.338 e. The van der Waals surface area contributed by atoms with E-state index < -0.39 is 0 Å². The number of methoxy groups -OCH3 is 1. The summed E-state index contributed by atoms with van der Waals surface area (Å²) in [4.78, 5) is 11.7. The van der Waals surface area contributed by atoms with Gasteiger partial charge in [0, 0.05) is 18.7 Å². The Labute approximate surface area is 106 Å². The molecular weight excluding hydrogens is 230 g/mol. The molecule has 1 N–H and O–H groups in total. The number of esters is 1. The number of ether oxygens (including phenoxy) is 2. The van der Waals surface area contributed by atoms with Crippen molar-refractivity contribution in [3.63, 3.8) is 0 Å². The van der Waals surface area contributed by atoms with E-state index in [4.69, 9.17) is 9.47 Å². The molecule has 0 atom stereocenters. The van der Waals surface area contributed by atoms with E-state index in [0.29, 0.717) is 5.56 Å². The van der Waals surface area contributed by atoms with Gasteiger partial charge in [-0.1, -0.05) is 6.08 Å². The lowest BCUT2D eigenvalue weighted by Crippen LogP contribution is -2.62. The van der Waals surface area contributed by atoms with Crippen LogP contribution in [0.2, 0.25) is 0 Å². The summed E-state index contributed by atoms with van der Waals surface area (Å²) in [5, 5.41) is 3.19. The molecule has 1 fully saturated rings. The van der Waals surface area contributed by atoms with E-state index in [2.05, 4.69) is 17.5 Å². The Morgan fingerprint density at radius 2 is 2.22 bits per heavy atom. The molecule has 1 aromatic carbocycles. The zero-order valence-corrected chi connectivity index (χ0v) is 10.4. The van der Waals surface area contributed by atoms with Crippen molar-refractivity contribution in [2.75, 3.05) is 20.2 Å². The van der Waals surface area contributed by atoms with Gasteiger partial charge in [0.15, 0.2) is 5.60 Å². The summed E-state index contributed by atoms with van der Waals surface area (Å²) < 4.78 is 10.8. The largest absolute Gasteiger partial charge is 0.480 e. The van der Waals surface area contributed by atoms with Crippen molar-refractivity contribution < 1.29 is 14.3 Å². The fraction of sp³-hybridized carbons (Fsp3) is 0.357. The minimum Gasteiger partial charge on any atom is -0.480 e. The summed E-state index contributed by atoms with van der Waals surface area (Å²) in [6.07, 6.45) is 4.15. The highest BCUT2D eigenvalue weighted by atomic mass is 16.5. The van der Waals surface area contributed by atoms with Crippen molar-refractivity contribution in [2.45, 2.75) is 12.5 Å². The first-order chi connectivity index (χ1) is 8.63. The second-order valence-corrected chi connectivity index (χ2v) is 4.80. The zero-order chi connectivity index (χ0) is 12.8. The SMILES string of the molecule is COC(=O)c1cc2c(cc1C)C=CC1(CNC1)O2. The van der Waals surface area contributed by atoms with Gasteiger partial charge in [-0.3, -0.25) is 0 Å². The highest BCUT2D eigenvalue weighted by Crippen LogP contribution is 2.35. The van der Waals surface area contributed by atoms with Gasteiger partial charge in [-0.2, -0.15) is 0 Å².